The summed E-state index contributed by atoms with van der Waals surface area (Å²) in [6, 6.07) is 0.107. The van der Waals surface area contributed by atoms with Crippen molar-refractivity contribution in [3.8, 4) is 0 Å². The molecule has 3 heteroatoms. The van der Waals surface area contributed by atoms with E-state index < -0.39 is 5.67 Å². The van der Waals surface area contributed by atoms with E-state index in [-0.39, 0.29) is 17.6 Å². The quantitative estimate of drug-likeness (QED) is 0.724. The molecule has 2 N–H and O–H groups in total. The SMILES string of the molecule is NC1CC(F)(C2CCOC3(CCC3)C2)C1. The van der Waals surface area contributed by atoms with Gasteiger partial charge in [0.05, 0.1) is 5.60 Å². The lowest BCUT2D eigenvalue weighted by molar-refractivity contribution is -0.174. The van der Waals surface area contributed by atoms with Crippen molar-refractivity contribution in [2.75, 3.05) is 6.61 Å². The van der Waals surface area contributed by atoms with Crippen LogP contribution in [0.1, 0.15) is 44.9 Å². The molecule has 15 heavy (non-hydrogen) atoms. The van der Waals surface area contributed by atoms with Crippen LogP contribution in [0.5, 0.6) is 0 Å². The maximum Gasteiger partial charge on any atom is 0.117 e. The largest absolute Gasteiger partial charge is 0.375 e. The molecule has 2 saturated carbocycles. The van der Waals surface area contributed by atoms with Gasteiger partial charge >= 0.3 is 0 Å². The van der Waals surface area contributed by atoms with Gasteiger partial charge in [-0.2, -0.15) is 0 Å². The van der Waals surface area contributed by atoms with Crippen molar-refractivity contribution in [2.24, 2.45) is 11.7 Å². The Morgan fingerprint density at radius 2 is 1.93 bits per heavy atom. The topological polar surface area (TPSA) is 35.2 Å². The van der Waals surface area contributed by atoms with E-state index in [1.807, 2.05) is 0 Å². The normalized spacial score (nSPS) is 48.4. The molecule has 0 radical (unpaired) electrons. The highest BCUT2D eigenvalue weighted by Gasteiger charge is 2.54. The summed E-state index contributed by atoms with van der Waals surface area (Å²) in [6.07, 6.45) is 6.53. The number of ether oxygens (including phenoxy) is 1. The second-order valence-corrected chi connectivity index (χ2v) is 5.78. The van der Waals surface area contributed by atoms with Crippen LogP contribution < -0.4 is 5.73 Å². The molecule has 0 amide bonds. The van der Waals surface area contributed by atoms with Gasteiger partial charge in [-0.3, -0.25) is 0 Å². The number of rotatable bonds is 1. The van der Waals surface area contributed by atoms with Crippen molar-refractivity contribution in [3.63, 3.8) is 0 Å². The molecule has 1 heterocycles. The fraction of sp³-hybridized carbons (Fsp3) is 1.00. The Labute approximate surface area is 90.4 Å². The Morgan fingerprint density at radius 3 is 2.47 bits per heavy atom. The van der Waals surface area contributed by atoms with Crippen molar-refractivity contribution in [2.45, 2.75) is 62.3 Å². The first-order valence-electron chi connectivity index (χ1n) is 6.20. The van der Waals surface area contributed by atoms with Crippen LogP contribution in [0, 0.1) is 5.92 Å². The Kier molecular flexibility index (Phi) is 2.12. The fourth-order valence-electron chi connectivity index (χ4n) is 3.53. The van der Waals surface area contributed by atoms with Crippen molar-refractivity contribution in [1.29, 1.82) is 0 Å². The number of nitrogens with two attached hydrogens (primary N) is 1. The minimum Gasteiger partial charge on any atom is -0.375 e. The number of hydrogen-bond acceptors (Lipinski definition) is 2. The second-order valence-electron chi connectivity index (χ2n) is 5.78. The monoisotopic (exact) mass is 213 g/mol. The van der Waals surface area contributed by atoms with Crippen LogP contribution in [0.3, 0.4) is 0 Å². The van der Waals surface area contributed by atoms with Crippen LogP contribution in [0.15, 0.2) is 0 Å². The fourth-order valence-corrected chi connectivity index (χ4v) is 3.53. The summed E-state index contributed by atoms with van der Waals surface area (Å²) in [5.41, 5.74) is 4.82. The maximum atomic E-state index is 14.4. The molecule has 0 aromatic rings. The van der Waals surface area contributed by atoms with Crippen molar-refractivity contribution >= 4 is 0 Å². The number of alkyl halides is 1. The Morgan fingerprint density at radius 1 is 1.20 bits per heavy atom. The third-order valence-electron chi connectivity index (χ3n) is 4.69. The first kappa shape index (κ1) is 10.0. The van der Waals surface area contributed by atoms with E-state index in [4.69, 9.17) is 10.5 Å². The molecule has 0 bridgehead atoms. The summed E-state index contributed by atoms with van der Waals surface area (Å²) in [4.78, 5) is 0. The second kappa shape index (κ2) is 3.17. The molecule has 1 atom stereocenters. The van der Waals surface area contributed by atoms with E-state index in [0.717, 1.165) is 32.3 Å². The molecule has 2 nitrogen and oxygen atoms in total. The van der Waals surface area contributed by atoms with Gasteiger partial charge in [0.2, 0.25) is 0 Å². The summed E-state index contributed by atoms with van der Waals surface area (Å²) in [5, 5.41) is 0. The standard InChI is InChI=1S/C12H20FNO/c13-12(7-10(14)8-12)9-2-5-15-11(6-9)3-1-4-11/h9-10H,1-8,14H2. The smallest absolute Gasteiger partial charge is 0.117 e. The molecule has 86 valence electrons. The van der Waals surface area contributed by atoms with Crippen LogP contribution in [0.2, 0.25) is 0 Å². The Hall–Kier alpha value is -0.150. The first-order chi connectivity index (χ1) is 7.12. The van der Waals surface area contributed by atoms with Crippen LogP contribution in [-0.4, -0.2) is 23.9 Å². The summed E-state index contributed by atoms with van der Waals surface area (Å²) in [5.74, 6) is 0.214. The third-order valence-corrected chi connectivity index (χ3v) is 4.69. The van der Waals surface area contributed by atoms with Crippen molar-refractivity contribution < 1.29 is 9.13 Å². The van der Waals surface area contributed by atoms with E-state index in [2.05, 4.69) is 0 Å². The zero-order valence-corrected chi connectivity index (χ0v) is 9.18. The Bertz CT molecular complexity index is 258. The van der Waals surface area contributed by atoms with Crippen molar-refractivity contribution in [3.05, 3.63) is 0 Å². The van der Waals surface area contributed by atoms with Crippen LogP contribution in [0.25, 0.3) is 0 Å². The van der Waals surface area contributed by atoms with Gasteiger partial charge in [-0.05, 0) is 50.9 Å². The van der Waals surface area contributed by atoms with Gasteiger partial charge < -0.3 is 10.5 Å². The highest BCUT2D eigenvalue weighted by atomic mass is 19.1. The van der Waals surface area contributed by atoms with E-state index in [1.54, 1.807) is 0 Å². The van der Waals surface area contributed by atoms with Gasteiger partial charge in [-0.1, -0.05) is 0 Å². The number of hydrogen-bond donors (Lipinski definition) is 1. The lowest BCUT2D eigenvalue weighted by Gasteiger charge is -2.53. The molecular formula is C12H20FNO. The summed E-state index contributed by atoms with van der Waals surface area (Å²) < 4.78 is 20.2. The highest BCUT2D eigenvalue weighted by Crippen LogP contribution is 2.52. The molecule has 0 aromatic heterocycles. The third kappa shape index (κ3) is 1.51. The molecule has 2 aliphatic carbocycles. The molecule has 3 aliphatic rings. The minimum atomic E-state index is -0.953. The Balaban J connectivity index is 1.66. The van der Waals surface area contributed by atoms with Crippen LogP contribution in [0.4, 0.5) is 4.39 Å². The van der Waals surface area contributed by atoms with Crippen LogP contribution in [-0.2, 0) is 4.74 Å². The van der Waals surface area contributed by atoms with E-state index in [1.165, 1.54) is 6.42 Å². The van der Waals surface area contributed by atoms with E-state index in [0.29, 0.717) is 12.8 Å². The lowest BCUT2D eigenvalue weighted by Crippen LogP contribution is -2.57. The molecule has 3 fully saturated rings. The summed E-state index contributed by atoms with van der Waals surface area (Å²) in [7, 11) is 0. The maximum absolute atomic E-state index is 14.4. The summed E-state index contributed by atoms with van der Waals surface area (Å²) >= 11 is 0. The van der Waals surface area contributed by atoms with E-state index in [9.17, 15) is 4.39 Å². The predicted molar refractivity (Wildman–Crippen MR) is 56.3 cm³/mol. The van der Waals surface area contributed by atoms with Gasteiger partial charge in [-0.25, -0.2) is 4.39 Å². The average molecular weight is 213 g/mol. The molecule has 1 spiro atoms. The van der Waals surface area contributed by atoms with Gasteiger partial charge in [0.15, 0.2) is 0 Å². The average Bonchev–Trinajstić information content (AvgIpc) is 2.13. The van der Waals surface area contributed by atoms with Gasteiger partial charge in [0.25, 0.3) is 0 Å². The molecule has 1 unspecified atom stereocenters. The molecule has 3 rings (SSSR count). The van der Waals surface area contributed by atoms with Gasteiger partial charge in [0.1, 0.15) is 5.67 Å². The number of halogens is 1. The minimum absolute atomic E-state index is 0.0711. The highest BCUT2D eigenvalue weighted by molar-refractivity contribution is 5.06. The zero-order valence-electron chi connectivity index (χ0n) is 9.18. The predicted octanol–water partition coefficient (Wildman–Crippen LogP) is 2.17. The zero-order chi connectivity index (χ0) is 10.5. The molecule has 1 saturated heterocycles. The first-order valence-corrected chi connectivity index (χ1v) is 6.20. The van der Waals surface area contributed by atoms with Gasteiger partial charge in [-0.15, -0.1) is 0 Å². The molecule has 0 aromatic carbocycles. The van der Waals surface area contributed by atoms with Gasteiger partial charge in [0, 0.05) is 12.6 Å². The molecule has 1 aliphatic heterocycles. The molecular weight excluding hydrogens is 193 g/mol. The van der Waals surface area contributed by atoms with Crippen LogP contribution >= 0.6 is 0 Å². The summed E-state index contributed by atoms with van der Waals surface area (Å²) in [6.45, 7) is 0.756. The lowest BCUT2D eigenvalue weighted by atomic mass is 9.62. The van der Waals surface area contributed by atoms with Crippen molar-refractivity contribution in [1.82, 2.24) is 0 Å². The van der Waals surface area contributed by atoms with E-state index >= 15 is 0 Å².